The second kappa shape index (κ2) is 12.4. The van der Waals surface area contributed by atoms with Gasteiger partial charge in [0.15, 0.2) is 0 Å². The highest BCUT2D eigenvalue weighted by Crippen LogP contribution is 2.16. The van der Waals surface area contributed by atoms with Gasteiger partial charge in [-0.05, 0) is 25.7 Å². The minimum absolute atomic E-state index is 0.178. The molecule has 5 heteroatoms. The van der Waals surface area contributed by atoms with Gasteiger partial charge in [0.05, 0.1) is 11.4 Å². The second-order valence-electron chi connectivity index (χ2n) is 6.04. The molecule has 0 aromatic carbocycles. The molecule has 2 unspecified atom stereocenters. The number of rotatable bonds is 14. The van der Waals surface area contributed by atoms with Crippen LogP contribution in [0.5, 0.6) is 0 Å². The zero-order valence-electron chi connectivity index (χ0n) is 13.8. The van der Waals surface area contributed by atoms with Crippen molar-refractivity contribution in [3.05, 3.63) is 0 Å². The normalized spacial score (nSPS) is 15.0. The molecule has 0 aliphatic rings. The van der Waals surface area contributed by atoms with E-state index in [1.165, 1.54) is 19.3 Å². The summed E-state index contributed by atoms with van der Waals surface area (Å²) in [5.74, 6) is 0. The molecule has 0 radical (unpaired) electrons. The molecular formula is C16H34O4S. The fraction of sp³-hybridized carbons (Fsp3) is 1.00. The Morgan fingerprint density at radius 3 is 1.71 bits per heavy atom. The van der Waals surface area contributed by atoms with Crippen LogP contribution in [0.2, 0.25) is 0 Å². The summed E-state index contributed by atoms with van der Waals surface area (Å²) in [7, 11) is -3.88. The molecule has 0 aromatic heterocycles. The Kier molecular flexibility index (Phi) is 12.3. The van der Waals surface area contributed by atoms with Crippen molar-refractivity contribution >= 4 is 10.1 Å². The summed E-state index contributed by atoms with van der Waals surface area (Å²) in [6.07, 6.45) is 11.2. The molecule has 0 aliphatic heterocycles. The number of hydrogen-bond acceptors (Lipinski definition) is 3. The van der Waals surface area contributed by atoms with Crippen molar-refractivity contribution < 1.29 is 18.1 Å². The van der Waals surface area contributed by atoms with Gasteiger partial charge < -0.3 is 5.11 Å². The van der Waals surface area contributed by atoms with Gasteiger partial charge in [-0.1, -0.05) is 65.2 Å². The van der Waals surface area contributed by atoms with Gasteiger partial charge in [-0.2, -0.15) is 8.42 Å². The van der Waals surface area contributed by atoms with Crippen molar-refractivity contribution in [3.8, 4) is 0 Å². The van der Waals surface area contributed by atoms with E-state index in [2.05, 4.69) is 6.92 Å². The maximum atomic E-state index is 11.0. The van der Waals surface area contributed by atoms with Crippen LogP contribution in [0, 0.1) is 0 Å². The van der Waals surface area contributed by atoms with E-state index in [4.69, 9.17) is 4.55 Å². The van der Waals surface area contributed by atoms with Crippen LogP contribution in [0.4, 0.5) is 0 Å². The number of aliphatic hydroxyl groups is 1. The van der Waals surface area contributed by atoms with E-state index < -0.39 is 15.4 Å². The highest BCUT2D eigenvalue weighted by atomic mass is 32.2. The van der Waals surface area contributed by atoms with E-state index in [0.717, 1.165) is 44.9 Å². The molecule has 0 bridgehead atoms. The van der Waals surface area contributed by atoms with E-state index in [1.807, 2.05) is 0 Å². The summed E-state index contributed by atoms with van der Waals surface area (Å²) >= 11 is 0. The molecule has 0 saturated heterocycles. The van der Waals surface area contributed by atoms with Crippen molar-refractivity contribution in [2.24, 2.45) is 0 Å². The summed E-state index contributed by atoms with van der Waals surface area (Å²) in [5.41, 5.74) is 0. The number of hydrogen-bond donors (Lipinski definition) is 2. The third kappa shape index (κ3) is 12.1. The van der Waals surface area contributed by atoms with Crippen molar-refractivity contribution in [1.29, 1.82) is 0 Å². The lowest BCUT2D eigenvalue weighted by atomic mass is 10.0. The highest BCUT2D eigenvalue weighted by Gasteiger charge is 2.19. The van der Waals surface area contributed by atoms with E-state index in [0.29, 0.717) is 12.8 Å². The predicted molar refractivity (Wildman–Crippen MR) is 88.1 cm³/mol. The molecule has 21 heavy (non-hydrogen) atoms. The van der Waals surface area contributed by atoms with E-state index in [-0.39, 0.29) is 6.10 Å². The summed E-state index contributed by atoms with van der Waals surface area (Å²) in [5, 5.41) is 9.22. The summed E-state index contributed by atoms with van der Waals surface area (Å²) in [4.78, 5) is 0. The molecule has 2 atom stereocenters. The molecule has 4 nitrogen and oxygen atoms in total. The van der Waals surface area contributed by atoms with Gasteiger partial charge in [-0.25, -0.2) is 0 Å². The summed E-state index contributed by atoms with van der Waals surface area (Å²) in [6, 6.07) is 0. The first kappa shape index (κ1) is 20.9. The monoisotopic (exact) mass is 322 g/mol. The Morgan fingerprint density at radius 2 is 1.29 bits per heavy atom. The smallest absolute Gasteiger partial charge is 0.267 e. The molecule has 0 amide bonds. The van der Waals surface area contributed by atoms with E-state index >= 15 is 0 Å². The first-order valence-corrected chi connectivity index (χ1v) is 10.1. The molecular weight excluding hydrogens is 288 g/mol. The first-order chi connectivity index (χ1) is 9.91. The van der Waals surface area contributed by atoms with Crippen molar-refractivity contribution in [2.75, 3.05) is 0 Å². The maximum Gasteiger partial charge on any atom is 0.267 e. The lowest BCUT2D eigenvalue weighted by molar-refractivity contribution is 0.147. The minimum Gasteiger partial charge on any atom is -0.393 e. The van der Waals surface area contributed by atoms with Gasteiger partial charge in [0, 0.05) is 0 Å². The summed E-state index contributed by atoms with van der Waals surface area (Å²) < 4.78 is 31.1. The fourth-order valence-corrected chi connectivity index (χ4v) is 3.51. The first-order valence-electron chi connectivity index (χ1n) is 8.56. The Morgan fingerprint density at radius 1 is 0.810 bits per heavy atom. The maximum absolute atomic E-state index is 11.0. The highest BCUT2D eigenvalue weighted by molar-refractivity contribution is 7.86. The molecule has 0 rings (SSSR count). The average molecular weight is 323 g/mol. The standard InChI is InChI=1S/C16H34O4S/c1-3-5-6-9-12-15(17)13-10-7-8-11-14-16(4-2)21(18,19)20/h15-17H,3-14H2,1-2H3,(H,18,19,20). The molecule has 2 N–H and O–H groups in total. The fourth-order valence-electron chi connectivity index (χ4n) is 2.62. The van der Waals surface area contributed by atoms with Gasteiger partial charge in [-0.3, -0.25) is 4.55 Å². The molecule has 0 saturated carbocycles. The third-order valence-electron chi connectivity index (χ3n) is 4.08. The van der Waals surface area contributed by atoms with E-state index in [1.54, 1.807) is 6.92 Å². The topological polar surface area (TPSA) is 74.6 Å². The van der Waals surface area contributed by atoms with Gasteiger partial charge in [-0.15, -0.1) is 0 Å². The largest absolute Gasteiger partial charge is 0.393 e. The molecule has 0 aliphatic carbocycles. The average Bonchev–Trinajstić information content (AvgIpc) is 2.41. The van der Waals surface area contributed by atoms with Crippen LogP contribution in [0.1, 0.15) is 90.9 Å². The Balaban J connectivity index is 3.51. The van der Waals surface area contributed by atoms with Crippen LogP contribution in [-0.4, -0.2) is 29.4 Å². The van der Waals surface area contributed by atoms with Crippen molar-refractivity contribution in [2.45, 2.75) is 102 Å². The second-order valence-corrected chi connectivity index (χ2v) is 7.74. The van der Waals surface area contributed by atoms with Crippen LogP contribution in [0.25, 0.3) is 0 Å². The van der Waals surface area contributed by atoms with Crippen LogP contribution in [0.3, 0.4) is 0 Å². The quantitative estimate of drug-likeness (QED) is 0.369. The van der Waals surface area contributed by atoms with Gasteiger partial charge in [0.1, 0.15) is 0 Å². The van der Waals surface area contributed by atoms with Crippen LogP contribution < -0.4 is 0 Å². The Labute approximate surface area is 131 Å². The molecule has 0 fully saturated rings. The van der Waals surface area contributed by atoms with Gasteiger partial charge in [0.2, 0.25) is 0 Å². The van der Waals surface area contributed by atoms with Crippen LogP contribution >= 0.6 is 0 Å². The lowest BCUT2D eigenvalue weighted by Crippen LogP contribution is -2.19. The molecule has 0 aromatic rings. The number of unbranched alkanes of at least 4 members (excludes halogenated alkanes) is 6. The van der Waals surface area contributed by atoms with Crippen molar-refractivity contribution in [1.82, 2.24) is 0 Å². The molecule has 0 spiro atoms. The zero-order valence-corrected chi connectivity index (χ0v) is 14.6. The Hall–Kier alpha value is -0.130. The van der Waals surface area contributed by atoms with Gasteiger partial charge in [0.25, 0.3) is 10.1 Å². The molecule has 0 heterocycles. The van der Waals surface area contributed by atoms with Gasteiger partial charge >= 0.3 is 0 Å². The van der Waals surface area contributed by atoms with Crippen LogP contribution in [0.15, 0.2) is 0 Å². The lowest BCUT2D eigenvalue weighted by Gasteiger charge is -2.12. The minimum atomic E-state index is -3.88. The SMILES string of the molecule is CCCCCCC(O)CCCCCCC(CC)S(=O)(=O)O. The number of aliphatic hydroxyl groups excluding tert-OH is 1. The Bertz CT molecular complexity index is 327. The third-order valence-corrected chi connectivity index (χ3v) is 5.49. The zero-order chi connectivity index (χ0) is 16.1. The van der Waals surface area contributed by atoms with Crippen molar-refractivity contribution in [3.63, 3.8) is 0 Å². The van der Waals surface area contributed by atoms with Crippen LogP contribution in [-0.2, 0) is 10.1 Å². The predicted octanol–water partition coefficient (Wildman–Crippen LogP) is 4.32. The van der Waals surface area contributed by atoms with E-state index in [9.17, 15) is 13.5 Å². The molecule has 128 valence electrons. The summed E-state index contributed by atoms with van der Waals surface area (Å²) in [6.45, 7) is 3.97.